The second-order valence-corrected chi connectivity index (χ2v) is 8.59. The average Bonchev–Trinajstić information content (AvgIpc) is 3.25. The third-order valence-corrected chi connectivity index (χ3v) is 6.08. The summed E-state index contributed by atoms with van der Waals surface area (Å²) in [6.07, 6.45) is -0.917. The highest BCUT2D eigenvalue weighted by atomic mass is 16.3. The number of carbonyl (C=O) groups is 3. The molecule has 9 nitrogen and oxygen atoms in total. The van der Waals surface area contributed by atoms with Crippen LogP contribution in [0.3, 0.4) is 0 Å². The van der Waals surface area contributed by atoms with E-state index in [9.17, 15) is 29.7 Å². The number of phenols is 1. The van der Waals surface area contributed by atoms with Gasteiger partial charge in [-0.3, -0.25) is 14.4 Å². The van der Waals surface area contributed by atoms with Gasteiger partial charge in [0.15, 0.2) is 6.10 Å². The summed E-state index contributed by atoms with van der Waals surface area (Å²) in [4.78, 5) is 40.1. The Balaban J connectivity index is 1.85. The van der Waals surface area contributed by atoms with Gasteiger partial charge in [-0.25, -0.2) is 0 Å². The molecule has 2 aromatic carbocycles. The maximum Gasteiger partial charge on any atom is 0.254 e. The molecule has 1 fully saturated rings. The van der Waals surface area contributed by atoms with Crippen LogP contribution in [-0.2, 0) is 16.0 Å². The van der Waals surface area contributed by atoms with Crippen molar-refractivity contribution in [2.45, 2.75) is 44.1 Å². The van der Waals surface area contributed by atoms with Crippen LogP contribution in [0.15, 0.2) is 61.2 Å². The van der Waals surface area contributed by atoms with Crippen LogP contribution in [0.25, 0.3) is 0 Å². The molecule has 1 aliphatic rings. The molecule has 3 rings (SSSR count). The molecule has 0 saturated carbocycles. The predicted octanol–water partition coefficient (Wildman–Crippen LogP) is 0.667. The third-order valence-electron chi connectivity index (χ3n) is 6.08. The molecule has 186 valence electrons. The van der Waals surface area contributed by atoms with Gasteiger partial charge in [-0.15, -0.1) is 6.58 Å². The third kappa shape index (κ3) is 6.26. The summed E-state index contributed by atoms with van der Waals surface area (Å²) in [5.41, 5.74) is 1.35. The zero-order valence-electron chi connectivity index (χ0n) is 19.6. The van der Waals surface area contributed by atoms with Crippen molar-refractivity contribution in [1.29, 1.82) is 0 Å². The number of hydrogen-bond donors (Lipinski definition) is 5. The number of hydrogen-bond acceptors (Lipinski definition) is 6. The van der Waals surface area contributed by atoms with Gasteiger partial charge < -0.3 is 30.9 Å². The number of likely N-dealkylation sites (tertiary alicyclic amines) is 1. The average molecular weight is 482 g/mol. The molecule has 0 bridgehead atoms. The van der Waals surface area contributed by atoms with E-state index in [2.05, 4.69) is 17.2 Å². The Bertz CT molecular complexity index is 1070. The quantitative estimate of drug-likeness (QED) is 0.334. The second kappa shape index (κ2) is 11.6. The number of β-amino-alcohol motifs (C(OH)–C–C–N with tert-alkyl or cyclic N) is 1. The van der Waals surface area contributed by atoms with Crippen LogP contribution >= 0.6 is 0 Å². The lowest BCUT2D eigenvalue weighted by molar-refractivity contribution is -0.146. The normalized spacial score (nSPS) is 19.0. The Labute approximate surface area is 204 Å². The molecule has 0 radical (unpaired) electrons. The van der Waals surface area contributed by atoms with Crippen molar-refractivity contribution in [3.8, 4) is 5.75 Å². The maximum atomic E-state index is 13.3. The summed E-state index contributed by atoms with van der Waals surface area (Å²) in [6, 6.07) is 11.6. The van der Waals surface area contributed by atoms with Gasteiger partial charge in [0, 0.05) is 30.6 Å². The van der Waals surface area contributed by atoms with E-state index in [1.54, 1.807) is 31.2 Å². The number of benzene rings is 2. The van der Waals surface area contributed by atoms with Crippen LogP contribution in [0.2, 0.25) is 0 Å². The molecule has 9 heteroatoms. The van der Waals surface area contributed by atoms with E-state index < -0.39 is 42.0 Å². The number of nitrogens with one attached hydrogen (secondary N) is 2. The highest BCUT2D eigenvalue weighted by Gasteiger charge is 2.42. The van der Waals surface area contributed by atoms with E-state index in [4.69, 9.17) is 0 Å². The van der Waals surface area contributed by atoms with Crippen molar-refractivity contribution < 1.29 is 29.7 Å². The van der Waals surface area contributed by atoms with E-state index in [0.717, 1.165) is 10.5 Å². The standard InChI is InChI=1S/C26H31N3O6/c1-3-12-27-25(34)21-14-18(30)15-29(21)26(35)23(32)20(13-17-8-5-4-6-9-17)28-24(33)19-10-7-11-22(31)16(19)2/h3-11,18,20-21,23,30-32H,1,12-15H2,2H3,(H,27,34)(H,28,33). The Morgan fingerprint density at radius 1 is 1.17 bits per heavy atom. The Morgan fingerprint density at radius 3 is 2.57 bits per heavy atom. The van der Waals surface area contributed by atoms with E-state index in [0.29, 0.717) is 5.56 Å². The van der Waals surface area contributed by atoms with Crippen LogP contribution in [-0.4, -0.2) is 75.3 Å². The first-order valence-electron chi connectivity index (χ1n) is 11.4. The van der Waals surface area contributed by atoms with Crippen LogP contribution in [0.1, 0.15) is 27.9 Å². The van der Waals surface area contributed by atoms with Crippen molar-refractivity contribution in [2.24, 2.45) is 0 Å². The van der Waals surface area contributed by atoms with Gasteiger partial charge in [0.2, 0.25) is 5.91 Å². The van der Waals surface area contributed by atoms with Crippen molar-refractivity contribution in [1.82, 2.24) is 15.5 Å². The van der Waals surface area contributed by atoms with E-state index in [-0.39, 0.29) is 37.2 Å². The maximum absolute atomic E-state index is 13.3. The number of rotatable bonds is 9. The molecule has 2 aromatic rings. The summed E-state index contributed by atoms with van der Waals surface area (Å²) in [6.45, 7) is 5.23. The van der Waals surface area contributed by atoms with Crippen LogP contribution < -0.4 is 10.6 Å². The van der Waals surface area contributed by atoms with Gasteiger partial charge in [-0.1, -0.05) is 42.5 Å². The monoisotopic (exact) mass is 481 g/mol. The number of carbonyl (C=O) groups excluding carboxylic acids is 3. The molecule has 1 aliphatic heterocycles. The number of amides is 3. The molecular weight excluding hydrogens is 450 g/mol. The predicted molar refractivity (Wildman–Crippen MR) is 130 cm³/mol. The minimum Gasteiger partial charge on any atom is -0.508 e. The number of aromatic hydroxyl groups is 1. The Kier molecular flexibility index (Phi) is 8.62. The van der Waals surface area contributed by atoms with E-state index in [1.807, 2.05) is 6.07 Å². The first kappa shape index (κ1) is 25.9. The zero-order valence-corrected chi connectivity index (χ0v) is 19.6. The van der Waals surface area contributed by atoms with Crippen molar-refractivity contribution >= 4 is 17.7 Å². The minimum absolute atomic E-state index is 0.0413. The van der Waals surface area contributed by atoms with Crippen LogP contribution in [0.4, 0.5) is 0 Å². The summed E-state index contributed by atoms with van der Waals surface area (Å²) >= 11 is 0. The highest BCUT2D eigenvalue weighted by Crippen LogP contribution is 2.22. The molecular formula is C26H31N3O6. The van der Waals surface area contributed by atoms with Crippen LogP contribution in [0, 0.1) is 6.92 Å². The van der Waals surface area contributed by atoms with E-state index in [1.165, 1.54) is 24.3 Å². The molecule has 4 atom stereocenters. The smallest absolute Gasteiger partial charge is 0.254 e. The first-order chi connectivity index (χ1) is 16.7. The molecule has 4 unspecified atom stereocenters. The molecule has 3 amide bonds. The molecule has 1 heterocycles. The number of nitrogens with zero attached hydrogens (tertiary/aromatic N) is 1. The molecule has 0 aromatic heterocycles. The summed E-state index contributed by atoms with van der Waals surface area (Å²) in [7, 11) is 0. The van der Waals surface area contributed by atoms with Gasteiger partial charge in [0.25, 0.3) is 11.8 Å². The number of phenolic OH excluding ortho intramolecular Hbond substituents is 1. The number of aliphatic hydroxyl groups excluding tert-OH is 2. The van der Waals surface area contributed by atoms with Crippen molar-refractivity contribution in [3.05, 3.63) is 77.9 Å². The molecule has 0 aliphatic carbocycles. The SMILES string of the molecule is C=CCNC(=O)C1CC(O)CN1C(=O)C(O)C(Cc1ccccc1)NC(=O)c1cccc(O)c1C. The molecule has 1 saturated heterocycles. The number of aliphatic hydroxyl groups is 2. The fraction of sp³-hybridized carbons (Fsp3) is 0.346. The first-order valence-corrected chi connectivity index (χ1v) is 11.4. The molecule has 0 spiro atoms. The minimum atomic E-state index is -1.68. The Morgan fingerprint density at radius 2 is 1.89 bits per heavy atom. The largest absolute Gasteiger partial charge is 0.508 e. The van der Waals surface area contributed by atoms with Gasteiger partial charge in [0.1, 0.15) is 11.8 Å². The lowest BCUT2D eigenvalue weighted by Gasteiger charge is -2.30. The van der Waals surface area contributed by atoms with E-state index >= 15 is 0 Å². The van der Waals surface area contributed by atoms with Gasteiger partial charge >= 0.3 is 0 Å². The summed E-state index contributed by atoms with van der Waals surface area (Å²) in [5, 5.41) is 36.5. The van der Waals surface area contributed by atoms with Crippen molar-refractivity contribution in [3.63, 3.8) is 0 Å². The van der Waals surface area contributed by atoms with Gasteiger partial charge in [0.05, 0.1) is 12.1 Å². The fourth-order valence-electron chi connectivity index (χ4n) is 4.16. The summed E-state index contributed by atoms with van der Waals surface area (Å²) < 4.78 is 0. The van der Waals surface area contributed by atoms with Gasteiger partial charge in [-0.2, -0.15) is 0 Å². The fourth-order valence-corrected chi connectivity index (χ4v) is 4.16. The topological polar surface area (TPSA) is 139 Å². The second-order valence-electron chi connectivity index (χ2n) is 8.59. The van der Waals surface area contributed by atoms with Crippen molar-refractivity contribution in [2.75, 3.05) is 13.1 Å². The summed E-state index contributed by atoms with van der Waals surface area (Å²) in [5.74, 6) is -1.84. The molecule has 35 heavy (non-hydrogen) atoms. The lowest BCUT2D eigenvalue weighted by Crippen LogP contribution is -2.55. The highest BCUT2D eigenvalue weighted by molar-refractivity contribution is 5.97. The zero-order chi connectivity index (χ0) is 25.5. The lowest BCUT2D eigenvalue weighted by atomic mass is 9.98. The van der Waals surface area contributed by atoms with Gasteiger partial charge in [-0.05, 0) is 31.0 Å². The van der Waals surface area contributed by atoms with Crippen LogP contribution in [0.5, 0.6) is 5.75 Å². The molecule has 5 N–H and O–H groups in total. The Hall–Kier alpha value is -3.69.